The zero-order valence-electron chi connectivity index (χ0n) is 9.31. The van der Waals surface area contributed by atoms with Crippen molar-refractivity contribution in [3.8, 4) is 0 Å². The number of carbonyl (C=O) groups is 1. The van der Waals surface area contributed by atoms with Crippen LogP contribution in [0.2, 0.25) is 0 Å². The molecule has 0 amide bonds. The van der Waals surface area contributed by atoms with E-state index in [0.29, 0.717) is 25.8 Å². The van der Waals surface area contributed by atoms with Crippen molar-refractivity contribution in [2.75, 3.05) is 33.4 Å². The van der Waals surface area contributed by atoms with E-state index in [1.807, 2.05) is 11.9 Å². The number of ether oxygens (including phenoxy) is 2. The van der Waals surface area contributed by atoms with Crippen molar-refractivity contribution in [1.29, 1.82) is 0 Å². The van der Waals surface area contributed by atoms with Crippen LogP contribution in [0.25, 0.3) is 0 Å². The number of nitrogens with zero attached hydrogens (tertiary/aromatic N) is 1. The minimum absolute atomic E-state index is 0.326. The van der Waals surface area contributed by atoms with Crippen LogP contribution in [0.5, 0.6) is 0 Å². The van der Waals surface area contributed by atoms with E-state index in [9.17, 15) is 4.79 Å². The molecule has 0 radical (unpaired) electrons. The smallest absolute Gasteiger partial charge is 0.334 e. The van der Waals surface area contributed by atoms with Gasteiger partial charge in [0.15, 0.2) is 6.10 Å². The van der Waals surface area contributed by atoms with Crippen LogP contribution in [-0.2, 0) is 14.3 Å². The second-order valence-corrected chi connectivity index (χ2v) is 3.74. The summed E-state index contributed by atoms with van der Waals surface area (Å²) in [5.41, 5.74) is 0. The molecule has 0 spiro atoms. The first-order valence-electron chi connectivity index (χ1n) is 5.27. The monoisotopic (exact) mass is 217 g/mol. The first kappa shape index (κ1) is 12.4. The first-order valence-corrected chi connectivity index (χ1v) is 5.27. The van der Waals surface area contributed by atoms with Crippen molar-refractivity contribution in [3.63, 3.8) is 0 Å². The molecule has 88 valence electrons. The van der Waals surface area contributed by atoms with Crippen LogP contribution < -0.4 is 0 Å². The zero-order chi connectivity index (χ0) is 11.3. The summed E-state index contributed by atoms with van der Waals surface area (Å²) in [4.78, 5) is 12.9. The second kappa shape index (κ2) is 6.05. The third kappa shape index (κ3) is 3.77. The van der Waals surface area contributed by atoms with Gasteiger partial charge in [0.1, 0.15) is 0 Å². The second-order valence-electron chi connectivity index (χ2n) is 3.74. The van der Waals surface area contributed by atoms with E-state index >= 15 is 0 Å². The molecule has 0 aliphatic carbocycles. The van der Waals surface area contributed by atoms with Gasteiger partial charge in [-0.15, -0.1) is 0 Å². The molecule has 1 aliphatic rings. The summed E-state index contributed by atoms with van der Waals surface area (Å²) in [5, 5.41) is 8.91. The van der Waals surface area contributed by atoms with Crippen LogP contribution in [0.4, 0.5) is 0 Å². The number of carboxylic acids is 1. The molecule has 1 saturated heterocycles. The Hall–Kier alpha value is -0.650. The quantitative estimate of drug-likeness (QED) is 0.688. The van der Waals surface area contributed by atoms with E-state index in [2.05, 4.69) is 0 Å². The molecular formula is C10H19NO4. The van der Waals surface area contributed by atoms with Crippen molar-refractivity contribution in [3.05, 3.63) is 0 Å². The Balaban J connectivity index is 2.38. The highest BCUT2D eigenvalue weighted by atomic mass is 16.5. The summed E-state index contributed by atoms with van der Waals surface area (Å²) < 4.78 is 10.4. The Bertz CT molecular complexity index is 204. The van der Waals surface area contributed by atoms with Gasteiger partial charge in [-0.25, -0.2) is 4.79 Å². The van der Waals surface area contributed by atoms with Crippen LogP contribution in [0.3, 0.4) is 0 Å². The largest absolute Gasteiger partial charge is 0.479 e. The average Bonchev–Trinajstić information content (AvgIpc) is 2.69. The third-order valence-corrected chi connectivity index (χ3v) is 2.63. The summed E-state index contributed by atoms with van der Waals surface area (Å²) in [6.45, 7) is 4.09. The van der Waals surface area contributed by atoms with Crippen molar-refractivity contribution in [1.82, 2.24) is 4.90 Å². The molecule has 0 aromatic carbocycles. The Labute approximate surface area is 90.0 Å². The van der Waals surface area contributed by atoms with E-state index in [-0.39, 0.29) is 0 Å². The van der Waals surface area contributed by atoms with Gasteiger partial charge in [-0.05, 0) is 20.4 Å². The van der Waals surface area contributed by atoms with Gasteiger partial charge in [-0.3, -0.25) is 4.90 Å². The Morgan fingerprint density at radius 1 is 1.73 bits per heavy atom. The summed E-state index contributed by atoms with van der Waals surface area (Å²) in [7, 11) is 1.91. The molecule has 0 aromatic rings. The van der Waals surface area contributed by atoms with E-state index in [4.69, 9.17) is 14.6 Å². The molecular weight excluding hydrogens is 198 g/mol. The molecule has 1 fully saturated rings. The van der Waals surface area contributed by atoms with Crippen LogP contribution in [-0.4, -0.2) is 61.5 Å². The number of hydrogen-bond acceptors (Lipinski definition) is 4. The number of hydrogen-bond donors (Lipinski definition) is 1. The van der Waals surface area contributed by atoms with Crippen molar-refractivity contribution in [2.45, 2.75) is 25.5 Å². The summed E-state index contributed by atoms with van der Waals surface area (Å²) in [5.74, 6) is -0.900. The maximum absolute atomic E-state index is 10.9. The molecule has 0 bridgehead atoms. The molecule has 0 saturated carbocycles. The number of aliphatic carboxylic acids is 1. The zero-order valence-corrected chi connectivity index (χ0v) is 9.31. The van der Waals surface area contributed by atoms with Gasteiger partial charge >= 0.3 is 5.97 Å². The number of likely N-dealkylation sites (N-methyl/N-ethyl adjacent to an activating group) is 1. The molecule has 5 nitrogen and oxygen atoms in total. The fourth-order valence-corrected chi connectivity index (χ4v) is 1.68. The van der Waals surface area contributed by atoms with Gasteiger partial charge in [-0.2, -0.15) is 0 Å². The minimum atomic E-state index is -0.900. The highest BCUT2D eigenvalue weighted by Crippen LogP contribution is 2.11. The van der Waals surface area contributed by atoms with Crippen LogP contribution >= 0.6 is 0 Å². The maximum Gasteiger partial charge on any atom is 0.334 e. The van der Waals surface area contributed by atoms with E-state index in [1.165, 1.54) is 0 Å². The van der Waals surface area contributed by atoms with E-state index in [0.717, 1.165) is 13.0 Å². The predicted octanol–water partition coefficient (Wildman–Crippen LogP) is 0.197. The molecule has 1 N–H and O–H groups in total. The number of rotatable bonds is 6. The Morgan fingerprint density at radius 2 is 2.47 bits per heavy atom. The van der Waals surface area contributed by atoms with Gasteiger partial charge < -0.3 is 14.6 Å². The van der Waals surface area contributed by atoms with Gasteiger partial charge in [0.05, 0.1) is 6.61 Å². The van der Waals surface area contributed by atoms with Gasteiger partial charge in [-0.1, -0.05) is 0 Å². The van der Waals surface area contributed by atoms with Crippen molar-refractivity contribution < 1.29 is 19.4 Å². The highest BCUT2D eigenvalue weighted by Gasteiger charge is 2.26. The number of carboxylic acid groups (broad SMARTS) is 1. The molecule has 15 heavy (non-hydrogen) atoms. The highest BCUT2D eigenvalue weighted by molar-refractivity contribution is 5.72. The lowest BCUT2D eigenvalue weighted by Gasteiger charge is -2.25. The van der Waals surface area contributed by atoms with Crippen molar-refractivity contribution >= 4 is 5.97 Å². The fraction of sp³-hybridized carbons (Fsp3) is 0.900. The summed E-state index contributed by atoms with van der Waals surface area (Å²) in [6.07, 6.45) is 0.232. The third-order valence-electron chi connectivity index (χ3n) is 2.63. The normalized spacial score (nSPS) is 23.3. The SMILES string of the molecule is CCOC(CN(C)C1CCOC1)C(=O)O. The first-order chi connectivity index (χ1) is 7.15. The molecule has 1 heterocycles. The fourth-order valence-electron chi connectivity index (χ4n) is 1.68. The van der Waals surface area contributed by atoms with Crippen LogP contribution in [0.15, 0.2) is 0 Å². The average molecular weight is 217 g/mol. The minimum Gasteiger partial charge on any atom is -0.479 e. The lowest BCUT2D eigenvalue weighted by Crippen LogP contribution is -2.42. The van der Waals surface area contributed by atoms with Crippen LogP contribution in [0, 0.1) is 0 Å². The van der Waals surface area contributed by atoms with Gasteiger partial charge in [0.25, 0.3) is 0 Å². The van der Waals surface area contributed by atoms with E-state index < -0.39 is 12.1 Å². The standard InChI is InChI=1S/C10H19NO4/c1-3-15-9(10(12)13)6-11(2)8-4-5-14-7-8/h8-9H,3-7H2,1-2H3,(H,12,13). The van der Waals surface area contributed by atoms with Gasteiger partial charge in [0.2, 0.25) is 0 Å². The topological polar surface area (TPSA) is 59.0 Å². The molecule has 5 heteroatoms. The molecule has 1 aliphatic heterocycles. The van der Waals surface area contributed by atoms with Gasteiger partial charge in [0, 0.05) is 25.8 Å². The predicted molar refractivity (Wildman–Crippen MR) is 54.9 cm³/mol. The lowest BCUT2D eigenvalue weighted by molar-refractivity contribution is -0.151. The Morgan fingerprint density at radius 3 is 2.93 bits per heavy atom. The summed E-state index contributed by atoms with van der Waals surface area (Å²) in [6, 6.07) is 0.326. The van der Waals surface area contributed by atoms with E-state index in [1.54, 1.807) is 6.92 Å². The molecule has 2 atom stereocenters. The van der Waals surface area contributed by atoms with Crippen LogP contribution in [0.1, 0.15) is 13.3 Å². The molecule has 2 unspecified atom stereocenters. The molecule has 0 aromatic heterocycles. The Kier molecular flexibility index (Phi) is 5.01. The lowest BCUT2D eigenvalue weighted by atomic mass is 10.2. The maximum atomic E-state index is 10.9. The van der Waals surface area contributed by atoms with Crippen molar-refractivity contribution in [2.24, 2.45) is 0 Å². The molecule has 1 rings (SSSR count). The summed E-state index contributed by atoms with van der Waals surface area (Å²) >= 11 is 0.